The number of ketones is 1. The second kappa shape index (κ2) is 6.19. The number of aliphatic hydroxyl groups excluding tert-OH is 1. The van der Waals surface area contributed by atoms with Gasteiger partial charge in [-0.1, -0.05) is 26.3 Å². The van der Waals surface area contributed by atoms with Crippen LogP contribution in [0.4, 0.5) is 0 Å². The maximum absolute atomic E-state index is 12.0. The minimum absolute atomic E-state index is 0.0459. The van der Waals surface area contributed by atoms with Crippen molar-refractivity contribution in [2.75, 3.05) is 0 Å². The third kappa shape index (κ3) is 2.51. The molecule has 26 heavy (non-hydrogen) atoms. The van der Waals surface area contributed by atoms with Gasteiger partial charge in [0.05, 0.1) is 0 Å². The predicted octanol–water partition coefficient (Wildman–Crippen LogP) is 3.81. The lowest BCUT2D eigenvalue weighted by Gasteiger charge is -2.58. The van der Waals surface area contributed by atoms with Crippen molar-refractivity contribution in [3.63, 3.8) is 0 Å². The minimum Gasteiger partial charge on any atom is -0.462 e. The largest absolute Gasteiger partial charge is 0.462 e. The van der Waals surface area contributed by atoms with Gasteiger partial charge in [-0.15, -0.1) is 0 Å². The SMILES string of the molecule is CCC(=O)O[C@H]1CC[C@H]2[C@@H]3CCC4=CC(=O)C(O)C[C@]4(C)[C@H]3CC[C@]12C. The molecule has 4 rings (SSSR count). The highest BCUT2D eigenvalue weighted by Crippen LogP contribution is 2.65. The van der Waals surface area contributed by atoms with Gasteiger partial charge < -0.3 is 9.84 Å². The maximum Gasteiger partial charge on any atom is 0.305 e. The molecule has 0 aromatic rings. The molecule has 4 nitrogen and oxygen atoms in total. The molecule has 0 radical (unpaired) electrons. The van der Waals surface area contributed by atoms with Gasteiger partial charge in [-0.3, -0.25) is 9.59 Å². The van der Waals surface area contributed by atoms with Gasteiger partial charge in [-0.25, -0.2) is 0 Å². The van der Waals surface area contributed by atoms with Gasteiger partial charge in [0.25, 0.3) is 0 Å². The van der Waals surface area contributed by atoms with E-state index in [0.717, 1.165) is 38.5 Å². The summed E-state index contributed by atoms with van der Waals surface area (Å²) in [6.07, 6.45) is 8.40. The lowest BCUT2D eigenvalue weighted by molar-refractivity contribution is -0.159. The van der Waals surface area contributed by atoms with Crippen molar-refractivity contribution in [1.29, 1.82) is 0 Å². The molecule has 1 unspecified atom stereocenters. The molecule has 0 aromatic heterocycles. The van der Waals surface area contributed by atoms with E-state index >= 15 is 0 Å². The van der Waals surface area contributed by atoms with Gasteiger partial charge in [0.15, 0.2) is 5.78 Å². The number of carbonyl (C=O) groups is 2. The summed E-state index contributed by atoms with van der Waals surface area (Å²) in [5, 5.41) is 10.2. The summed E-state index contributed by atoms with van der Waals surface area (Å²) in [6, 6.07) is 0. The van der Waals surface area contributed by atoms with E-state index in [-0.39, 0.29) is 28.7 Å². The van der Waals surface area contributed by atoms with Crippen molar-refractivity contribution in [3.8, 4) is 0 Å². The number of hydrogen-bond donors (Lipinski definition) is 1. The van der Waals surface area contributed by atoms with Crippen molar-refractivity contribution < 1.29 is 19.4 Å². The van der Waals surface area contributed by atoms with Crippen molar-refractivity contribution in [2.24, 2.45) is 28.6 Å². The molecule has 0 aromatic carbocycles. The Bertz CT molecular complexity index is 653. The van der Waals surface area contributed by atoms with Crippen LogP contribution in [0, 0.1) is 28.6 Å². The minimum atomic E-state index is -0.836. The first-order valence-electron chi connectivity index (χ1n) is 10.4. The molecule has 0 aliphatic heterocycles. The summed E-state index contributed by atoms with van der Waals surface area (Å²) in [4.78, 5) is 23.9. The zero-order chi connectivity index (χ0) is 18.7. The van der Waals surface area contributed by atoms with Crippen LogP contribution in [0.25, 0.3) is 0 Å². The standard InChI is InChI=1S/C22H32O4/c1-4-20(25)26-19-8-7-15-14-6-5-13-11-17(23)18(24)12-22(13,3)16(14)9-10-21(15,19)2/h11,14-16,18-19,24H,4-10,12H2,1-3H3/t14-,15-,16-,18?,19-,21-,22-/m0/s1. The molecule has 0 amide bonds. The lowest BCUT2D eigenvalue weighted by Crippen LogP contribution is -2.53. The van der Waals surface area contributed by atoms with Crippen LogP contribution in [-0.2, 0) is 14.3 Å². The zero-order valence-corrected chi connectivity index (χ0v) is 16.3. The number of allylic oxidation sites excluding steroid dienone is 1. The van der Waals surface area contributed by atoms with E-state index in [2.05, 4.69) is 13.8 Å². The van der Waals surface area contributed by atoms with E-state index in [9.17, 15) is 14.7 Å². The fraction of sp³-hybridized carbons (Fsp3) is 0.818. The summed E-state index contributed by atoms with van der Waals surface area (Å²) in [7, 11) is 0. The van der Waals surface area contributed by atoms with E-state index < -0.39 is 6.10 Å². The molecule has 3 fully saturated rings. The van der Waals surface area contributed by atoms with Crippen LogP contribution in [0.3, 0.4) is 0 Å². The van der Waals surface area contributed by atoms with Crippen molar-refractivity contribution >= 4 is 11.8 Å². The molecular weight excluding hydrogens is 328 g/mol. The molecule has 0 spiro atoms. The van der Waals surface area contributed by atoms with Crippen LogP contribution in [0.1, 0.15) is 72.1 Å². The Morgan fingerprint density at radius 3 is 2.73 bits per heavy atom. The first-order valence-corrected chi connectivity index (χ1v) is 10.4. The number of esters is 1. The molecule has 144 valence electrons. The molecule has 1 N–H and O–H groups in total. The number of hydrogen-bond acceptors (Lipinski definition) is 4. The third-order valence-corrected chi connectivity index (χ3v) is 8.47. The van der Waals surface area contributed by atoms with Gasteiger partial charge in [-0.05, 0) is 74.2 Å². The Balaban J connectivity index is 1.60. The second-order valence-corrected chi connectivity index (χ2v) is 9.58. The molecule has 7 atom stereocenters. The highest BCUT2D eigenvalue weighted by atomic mass is 16.5. The van der Waals surface area contributed by atoms with E-state index in [1.807, 2.05) is 6.92 Å². The summed E-state index contributed by atoms with van der Waals surface area (Å²) in [5.74, 6) is 1.55. The average molecular weight is 360 g/mol. The molecule has 4 aliphatic rings. The molecule has 0 saturated heterocycles. The fourth-order valence-electron chi connectivity index (χ4n) is 7.00. The first kappa shape index (κ1) is 18.2. The summed E-state index contributed by atoms with van der Waals surface area (Å²) in [5.41, 5.74) is 1.31. The van der Waals surface area contributed by atoms with E-state index in [4.69, 9.17) is 4.74 Å². The van der Waals surface area contributed by atoms with Crippen molar-refractivity contribution in [1.82, 2.24) is 0 Å². The van der Waals surface area contributed by atoms with Crippen LogP contribution in [-0.4, -0.2) is 29.1 Å². The molecule has 4 heteroatoms. The topological polar surface area (TPSA) is 63.6 Å². The lowest BCUT2D eigenvalue weighted by atomic mass is 9.47. The van der Waals surface area contributed by atoms with Gasteiger partial charge in [0, 0.05) is 11.8 Å². The average Bonchev–Trinajstić information content (AvgIpc) is 2.93. The normalized spacial score (nSPS) is 47.5. The Morgan fingerprint density at radius 1 is 1.23 bits per heavy atom. The van der Waals surface area contributed by atoms with E-state index in [0.29, 0.717) is 30.6 Å². The van der Waals surface area contributed by atoms with Gasteiger partial charge in [0.1, 0.15) is 12.2 Å². The maximum atomic E-state index is 12.0. The Hall–Kier alpha value is -1.16. The quantitative estimate of drug-likeness (QED) is 0.761. The van der Waals surface area contributed by atoms with E-state index in [1.165, 1.54) is 5.57 Å². The smallest absolute Gasteiger partial charge is 0.305 e. The molecule has 3 saturated carbocycles. The van der Waals surface area contributed by atoms with Crippen LogP contribution < -0.4 is 0 Å². The monoisotopic (exact) mass is 360 g/mol. The highest BCUT2D eigenvalue weighted by Gasteiger charge is 2.60. The predicted molar refractivity (Wildman–Crippen MR) is 98.3 cm³/mol. The number of ether oxygens (including phenoxy) is 1. The summed E-state index contributed by atoms with van der Waals surface area (Å²) >= 11 is 0. The van der Waals surface area contributed by atoms with Crippen molar-refractivity contribution in [3.05, 3.63) is 11.6 Å². The van der Waals surface area contributed by atoms with Gasteiger partial charge in [-0.2, -0.15) is 0 Å². The summed E-state index contributed by atoms with van der Waals surface area (Å²) in [6.45, 7) is 6.47. The molecular formula is C22H32O4. The Morgan fingerprint density at radius 2 is 2.00 bits per heavy atom. The Labute approximate surface area is 156 Å². The van der Waals surface area contributed by atoms with Crippen LogP contribution in [0.5, 0.6) is 0 Å². The van der Waals surface area contributed by atoms with Gasteiger partial charge >= 0.3 is 5.97 Å². The molecule has 0 bridgehead atoms. The van der Waals surface area contributed by atoms with Crippen LogP contribution in [0.2, 0.25) is 0 Å². The molecule has 0 heterocycles. The summed E-state index contributed by atoms with van der Waals surface area (Å²) < 4.78 is 5.84. The number of carbonyl (C=O) groups excluding carboxylic acids is 2. The number of rotatable bonds is 2. The zero-order valence-electron chi connectivity index (χ0n) is 16.3. The number of fused-ring (bicyclic) bond motifs is 5. The van der Waals surface area contributed by atoms with Crippen LogP contribution in [0.15, 0.2) is 11.6 Å². The van der Waals surface area contributed by atoms with Crippen LogP contribution >= 0.6 is 0 Å². The van der Waals surface area contributed by atoms with Crippen molar-refractivity contribution in [2.45, 2.75) is 84.3 Å². The second-order valence-electron chi connectivity index (χ2n) is 9.58. The fourth-order valence-corrected chi connectivity index (χ4v) is 7.00. The first-order chi connectivity index (χ1) is 12.3. The molecule has 4 aliphatic carbocycles. The Kier molecular flexibility index (Phi) is 4.33. The third-order valence-electron chi connectivity index (χ3n) is 8.47. The van der Waals surface area contributed by atoms with Gasteiger partial charge in [0.2, 0.25) is 0 Å². The highest BCUT2D eigenvalue weighted by molar-refractivity contribution is 5.95. The number of aliphatic hydroxyl groups is 1. The van der Waals surface area contributed by atoms with E-state index in [1.54, 1.807) is 6.08 Å².